The van der Waals surface area contributed by atoms with Crippen molar-refractivity contribution in [3.8, 4) is 0 Å². The molecule has 1 aromatic rings. The second kappa shape index (κ2) is 9.70. The smallest absolute Gasteiger partial charge is 0.235 e. The Kier molecular flexibility index (Phi) is 6.90. The van der Waals surface area contributed by atoms with Gasteiger partial charge in [0.15, 0.2) is 5.82 Å². The summed E-state index contributed by atoms with van der Waals surface area (Å²) < 4.78 is 5.40. The highest BCUT2D eigenvalue weighted by atomic mass is 16.5. The van der Waals surface area contributed by atoms with Gasteiger partial charge < -0.3 is 19.8 Å². The van der Waals surface area contributed by atoms with E-state index in [1.165, 1.54) is 31.3 Å². The predicted molar refractivity (Wildman–Crippen MR) is 139 cm³/mol. The van der Waals surface area contributed by atoms with E-state index in [9.17, 15) is 15.3 Å². The number of hydrogen-bond donors (Lipinski definition) is 3. The molecule has 6 nitrogen and oxygen atoms in total. The molecule has 1 heterocycles. The lowest BCUT2D eigenvalue weighted by Gasteiger charge is -2.44. The third-order valence-corrected chi connectivity index (χ3v) is 9.84. The van der Waals surface area contributed by atoms with E-state index in [1.54, 1.807) is 0 Å². The molecule has 0 unspecified atom stereocenters. The van der Waals surface area contributed by atoms with Gasteiger partial charge in [-0.15, -0.1) is 0 Å². The quantitative estimate of drug-likeness (QED) is 0.476. The van der Waals surface area contributed by atoms with Gasteiger partial charge in [-0.1, -0.05) is 55.5 Å². The Labute approximate surface area is 214 Å². The van der Waals surface area contributed by atoms with Crippen molar-refractivity contribution in [2.75, 3.05) is 0 Å². The first kappa shape index (κ1) is 25.6. The normalized spacial score (nSPS) is 38.0. The van der Waals surface area contributed by atoms with Gasteiger partial charge in [0.25, 0.3) is 0 Å². The minimum Gasteiger partial charge on any atom is -0.393 e. The zero-order valence-corrected chi connectivity index (χ0v) is 22.0. The van der Waals surface area contributed by atoms with Gasteiger partial charge in [-0.25, -0.2) is 0 Å². The molecule has 0 saturated heterocycles. The largest absolute Gasteiger partial charge is 0.393 e. The van der Waals surface area contributed by atoms with Gasteiger partial charge in [-0.2, -0.15) is 4.98 Å². The van der Waals surface area contributed by atoms with Crippen LogP contribution in [0.4, 0.5) is 0 Å². The van der Waals surface area contributed by atoms with Crippen molar-refractivity contribution < 1.29 is 19.8 Å². The Morgan fingerprint density at radius 2 is 1.92 bits per heavy atom. The Balaban J connectivity index is 1.29. The Morgan fingerprint density at radius 1 is 1.14 bits per heavy atom. The van der Waals surface area contributed by atoms with Crippen molar-refractivity contribution in [2.45, 2.75) is 102 Å². The van der Waals surface area contributed by atoms with Gasteiger partial charge in [-0.3, -0.25) is 0 Å². The number of hydrogen-bond acceptors (Lipinski definition) is 6. The van der Waals surface area contributed by atoms with Crippen LogP contribution in [-0.2, 0) is 5.41 Å². The molecule has 7 atom stereocenters. The van der Waals surface area contributed by atoms with E-state index >= 15 is 0 Å². The summed E-state index contributed by atoms with van der Waals surface area (Å²) in [6, 6.07) is 0. The molecule has 0 aromatic carbocycles. The van der Waals surface area contributed by atoms with Crippen LogP contribution in [0.2, 0.25) is 0 Å². The third-order valence-electron chi connectivity index (χ3n) is 9.84. The summed E-state index contributed by atoms with van der Waals surface area (Å²) in [5.41, 5.74) is 3.06. The molecule has 4 saturated carbocycles. The number of aryl methyl sites for hydroxylation is 1. The zero-order valence-electron chi connectivity index (χ0n) is 22.0. The van der Waals surface area contributed by atoms with Crippen LogP contribution in [-0.4, -0.2) is 43.8 Å². The molecule has 0 radical (unpaired) electrons. The summed E-state index contributed by atoms with van der Waals surface area (Å²) in [4.78, 5) is 4.39. The number of aliphatic hydroxyl groups excluding tert-OH is 3. The average molecular weight is 495 g/mol. The van der Waals surface area contributed by atoms with Gasteiger partial charge in [0.2, 0.25) is 5.89 Å². The predicted octanol–water partition coefficient (Wildman–Crippen LogP) is 5.10. The SMILES string of the molecule is C=C1/C(=C\C=C2/CCC[C@]3(C)[C@@H]([C@H](C)/C=C/[C@@H](O)C4(c5nc(C)no5)CC4)CC[C@@H]23)C[C@@H](O)C[C@@H]1O. The number of aromatic nitrogens is 2. The Hall–Kier alpha value is -2.02. The molecule has 3 N–H and O–H groups in total. The Morgan fingerprint density at radius 3 is 2.61 bits per heavy atom. The molecule has 0 aliphatic heterocycles. The summed E-state index contributed by atoms with van der Waals surface area (Å²) in [5.74, 6) is 2.67. The second-order valence-electron chi connectivity index (χ2n) is 12.2. The molecule has 6 heteroatoms. The van der Waals surface area contributed by atoms with Crippen molar-refractivity contribution in [3.63, 3.8) is 0 Å². The van der Waals surface area contributed by atoms with E-state index in [-0.39, 0.29) is 5.41 Å². The molecule has 4 aliphatic rings. The molecule has 1 aromatic heterocycles. The molecule has 0 amide bonds. The topological polar surface area (TPSA) is 99.6 Å². The van der Waals surface area contributed by atoms with Crippen LogP contribution in [0.25, 0.3) is 0 Å². The highest BCUT2D eigenvalue weighted by Crippen LogP contribution is 2.59. The lowest BCUT2D eigenvalue weighted by atomic mass is 9.61. The molecule has 5 rings (SSSR count). The highest BCUT2D eigenvalue weighted by molar-refractivity contribution is 5.38. The van der Waals surface area contributed by atoms with Gasteiger partial charge in [0, 0.05) is 6.42 Å². The molecular formula is C30H42N2O4. The minimum atomic E-state index is -0.646. The molecule has 36 heavy (non-hydrogen) atoms. The van der Waals surface area contributed by atoms with Crippen molar-refractivity contribution in [2.24, 2.45) is 23.2 Å². The fourth-order valence-electron chi connectivity index (χ4n) is 7.48. The number of nitrogens with zero attached hydrogens (tertiary/aromatic N) is 2. The minimum absolute atomic E-state index is 0.237. The number of fused-ring (bicyclic) bond motifs is 1. The van der Waals surface area contributed by atoms with E-state index in [4.69, 9.17) is 4.52 Å². The monoisotopic (exact) mass is 494 g/mol. The van der Waals surface area contributed by atoms with E-state index in [2.05, 4.69) is 48.8 Å². The lowest BCUT2D eigenvalue weighted by molar-refractivity contribution is 0.0862. The number of rotatable bonds is 6. The maximum Gasteiger partial charge on any atom is 0.235 e. The van der Waals surface area contributed by atoms with Crippen LogP contribution in [0.1, 0.15) is 83.3 Å². The van der Waals surface area contributed by atoms with E-state index in [1.807, 2.05) is 13.0 Å². The van der Waals surface area contributed by atoms with E-state index in [0.29, 0.717) is 42.3 Å². The number of allylic oxidation sites excluding steroid dienone is 4. The fourth-order valence-corrected chi connectivity index (χ4v) is 7.48. The number of aliphatic hydroxyl groups is 3. The van der Waals surface area contributed by atoms with Crippen molar-refractivity contribution in [1.29, 1.82) is 0 Å². The lowest BCUT2D eigenvalue weighted by Crippen LogP contribution is -2.35. The maximum atomic E-state index is 11.0. The summed E-state index contributed by atoms with van der Waals surface area (Å²) in [7, 11) is 0. The van der Waals surface area contributed by atoms with Crippen molar-refractivity contribution in [1.82, 2.24) is 10.1 Å². The summed E-state index contributed by atoms with van der Waals surface area (Å²) in [6.07, 6.45) is 15.4. The first-order chi connectivity index (χ1) is 17.1. The van der Waals surface area contributed by atoms with Crippen LogP contribution in [0, 0.1) is 30.1 Å². The van der Waals surface area contributed by atoms with Gasteiger partial charge in [0.1, 0.15) is 0 Å². The molecule has 4 fully saturated rings. The molecule has 4 aliphatic carbocycles. The zero-order chi connectivity index (χ0) is 25.7. The van der Waals surface area contributed by atoms with Crippen LogP contribution >= 0.6 is 0 Å². The first-order valence-electron chi connectivity index (χ1n) is 13.8. The average Bonchev–Trinajstić information content (AvgIpc) is 3.41. The van der Waals surface area contributed by atoms with Gasteiger partial charge in [-0.05, 0) is 92.6 Å². The van der Waals surface area contributed by atoms with Crippen molar-refractivity contribution in [3.05, 3.63) is 59.3 Å². The van der Waals surface area contributed by atoms with E-state index < -0.39 is 23.7 Å². The van der Waals surface area contributed by atoms with Gasteiger partial charge >= 0.3 is 0 Å². The Bertz CT molecular complexity index is 1080. The van der Waals surface area contributed by atoms with Gasteiger partial charge in [0.05, 0.1) is 23.7 Å². The summed E-state index contributed by atoms with van der Waals surface area (Å²) >= 11 is 0. The molecule has 0 bridgehead atoms. The van der Waals surface area contributed by atoms with Crippen LogP contribution in [0.15, 0.2) is 52.1 Å². The first-order valence-corrected chi connectivity index (χ1v) is 13.8. The fraction of sp³-hybridized carbons (Fsp3) is 0.667. The third kappa shape index (κ3) is 4.57. The van der Waals surface area contributed by atoms with Crippen LogP contribution in [0.5, 0.6) is 0 Å². The summed E-state index contributed by atoms with van der Waals surface area (Å²) in [5, 5.41) is 35.2. The van der Waals surface area contributed by atoms with E-state index in [0.717, 1.165) is 30.4 Å². The maximum absolute atomic E-state index is 11.0. The summed E-state index contributed by atoms with van der Waals surface area (Å²) in [6.45, 7) is 10.6. The molecule has 0 spiro atoms. The standard InChI is InChI=1S/C30H42N2O4/c1-18(7-12-27(35)30(14-15-30)28-31-20(3)32-36-28)24-10-11-25-21(6-5-13-29(24,25)4)8-9-22-16-23(33)17-26(34)19(22)2/h7-9,12,18,23-27,33-35H,2,5-6,10-11,13-17H2,1,3-4H3/b12-7+,21-8+,22-9-/t18-,23-,24-,25+,26+,27-,29-/m1/s1. The highest BCUT2D eigenvalue weighted by Gasteiger charge is 2.54. The molecular weight excluding hydrogens is 452 g/mol. The second-order valence-corrected chi connectivity index (χ2v) is 12.2. The van der Waals surface area contributed by atoms with Crippen LogP contribution in [0.3, 0.4) is 0 Å². The van der Waals surface area contributed by atoms with Crippen LogP contribution < -0.4 is 0 Å². The molecule has 196 valence electrons. The van der Waals surface area contributed by atoms with Crippen molar-refractivity contribution >= 4 is 0 Å².